The molecule has 0 spiro atoms. The summed E-state index contributed by atoms with van der Waals surface area (Å²) in [6.07, 6.45) is 3.11. The largest absolute Gasteiger partial charge is 0.457 e. The molecule has 0 saturated heterocycles. The molecule has 1 heterocycles. The van der Waals surface area contributed by atoms with Crippen LogP contribution in [0.3, 0.4) is 0 Å². The molecule has 0 bridgehead atoms. The second kappa shape index (κ2) is 8.15. The van der Waals surface area contributed by atoms with Crippen molar-refractivity contribution in [1.82, 2.24) is 0 Å². The number of nitrogens with one attached hydrogen (secondary N) is 1. The maximum Gasteiger partial charge on any atom is 0.248 e. The van der Waals surface area contributed by atoms with Gasteiger partial charge in [-0.2, -0.15) is 0 Å². The standard InChI is InChI=1S/C22H19BrClNO2/c1-13-4-5-16(12-19(13)24)20-8-6-18(27-20)7-9-21(26)25-22-14(2)10-17(23)11-15(22)3/h4-12H,1-3H3,(H,25,26)/b9-7+. The summed E-state index contributed by atoms with van der Waals surface area (Å²) >= 11 is 9.63. The van der Waals surface area contributed by atoms with Gasteiger partial charge in [-0.15, -0.1) is 0 Å². The van der Waals surface area contributed by atoms with Gasteiger partial charge in [-0.05, 0) is 73.9 Å². The van der Waals surface area contributed by atoms with Crippen LogP contribution in [-0.4, -0.2) is 5.91 Å². The highest BCUT2D eigenvalue weighted by molar-refractivity contribution is 9.10. The molecule has 3 nitrogen and oxygen atoms in total. The zero-order chi connectivity index (χ0) is 19.6. The molecule has 1 aromatic heterocycles. The lowest BCUT2D eigenvalue weighted by Gasteiger charge is -2.10. The number of carbonyl (C=O) groups is 1. The first kappa shape index (κ1) is 19.5. The molecule has 138 valence electrons. The van der Waals surface area contributed by atoms with E-state index < -0.39 is 0 Å². The fraction of sp³-hybridized carbons (Fsp3) is 0.136. The minimum atomic E-state index is -0.208. The van der Waals surface area contributed by atoms with Crippen molar-refractivity contribution in [3.05, 3.63) is 80.5 Å². The summed E-state index contributed by atoms with van der Waals surface area (Å²) in [5.41, 5.74) is 4.74. The molecule has 0 atom stereocenters. The van der Waals surface area contributed by atoms with Crippen LogP contribution < -0.4 is 5.32 Å². The highest BCUT2D eigenvalue weighted by atomic mass is 79.9. The third-order valence-corrected chi connectivity index (χ3v) is 5.09. The molecule has 0 aliphatic heterocycles. The second-order valence-corrected chi connectivity index (χ2v) is 7.73. The smallest absolute Gasteiger partial charge is 0.248 e. The number of amides is 1. The zero-order valence-electron chi connectivity index (χ0n) is 15.3. The quantitative estimate of drug-likeness (QED) is 0.443. The van der Waals surface area contributed by atoms with E-state index in [0.717, 1.165) is 32.4 Å². The summed E-state index contributed by atoms with van der Waals surface area (Å²) in [6, 6.07) is 13.4. The normalized spacial score (nSPS) is 11.1. The number of hydrogen-bond donors (Lipinski definition) is 1. The van der Waals surface area contributed by atoms with Gasteiger partial charge in [-0.3, -0.25) is 4.79 Å². The summed E-state index contributed by atoms with van der Waals surface area (Å²) in [7, 11) is 0. The third-order valence-electron chi connectivity index (χ3n) is 4.23. The van der Waals surface area contributed by atoms with Crippen LogP contribution >= 0.6 is 27.5 Å². The van der Waals surface area contributed by atoms with Crippen molar-refractivity contribution in [1.29, 1.82) is 0 Å². The lowest BCUT2D eigenvalue weighted by Crippen LogP contribution is -2.10. The molecule has 1 N–H and O–H groups in total. The number of rotatable bonds is 4. The summed E-state index contributed by atoms with van der Waals surface area (Å²) < 4.78 is 6.79. The molecule has 27 heavy (non-hydrogen) atoms. The van der Waals surface area contributed by atoms with Gasteiger partial charge in [-0.1, -0.05) is 39.7 Å². The number of halogens is 2. The number of carbonyl (C=O) groups excluding carboxylic acids is 1. The summed E-state index contributed by atoms with van der Waals surface area (Å²) in [6.45, 7) is 5.88. The Kier molecular flexibility index (Phi) is 5.88. The molecule has 2 aromatic carbocycles. The second-order valence-electron chi connectivity index (χ2n) is 6.40. The highest BCUT2D eigenvalue weighted by Crippen LogP contribution is 2.28. The number of anilines is 1. The van der Waals surface area contributed by atoms with Gasteiger partial charge in [0.25, 0.3) is 0 Å². The van der Waals surface area contributed by atoms with E-state index in [1.807, 2.05) is 63.2 Å². The Labute approximate surface area is 172 Å². The van der Waals surface area contributed by atoms with Crippen LogP contribution in [0.15, 0.2) is 57.4 Å². The molecule has 0 aliphatic carbocycles. The first-order valence-electron chi connectivity index (χ1n) is 8.45. The maximum absolute atomic E-state index is 12.3. The Morgan fingerprint density at radius 3 is 2.41 bits per heavy atom. The highest BCUT2D eigenvalue weighted by Gasteiger charge is 2.08. The maximum atomic E-state index is 12.3. The molecule has 3 rings (SSSR count). The van der Waals surface area contributed by atoms with Crippen molar-refractivity contribution in [2.45, 2.75) is 20.8 Å². The first-order valence-corrected chi connectivity index (χ1v) is 9.63. The zero-order valence-corrected chi connectivity index (χ0v) is 17.6. The van der Waals surface area contributed by atoms with E-state index in [-0.39, 0.29) is 5.91 Å². The Hall–Kier alpha value is -2.30. The Morgan fingerprint density at radius 2 is 1.74 bits per heavy atom. The molecule has 0 aliphatic rings. The number of hydrogen-bond acceptors (Lipinski definition) is 2. The Morgan fingerprint density at radius 1 is 1.04 bits per heavy atom. The predicted octanol–water partition coefficient (Wildman–Crippen LogP) is 6.94. The molecule has 0 radical (unpaired) electrons. The minimum absolute atomic E-state index is 0.208. The van der Waals surface area contributed by atoms with Crippen LogP contribution in [0.5, 0.6) is 0 Å². The Balaban J connectivity index is 1.72. The van der Waals surface area contributed by atoms with Crippen LogP contribution in [0.4, 0.5) is 5.69 Å². The molecule has 1 amide bonds. The molecular weight excluding hydrogens is 426 g/mol. The van der Waals surface area contributed by atoms with E-state index in [2.05, 4.69) is 21.2 Å². The first-order chi connectivity index (χ1) is 12.8. The van der Waals surface area contributed by atoms with Crippen molar-refractivity contribution in [3.63, 3.8) is 0 Å². The van der Waals surface area contributed by atoms with Gasteiger partial charge in [0.15, 0.2) is 0 Å². The predicted molar refractivity (Wildman–Crippen MR) is 115 cm³/mol. The SMILES string of the molecule is Cc1ccc(-c2ccc(/C=C/C(=O)Nc3c(C)cc(Br)cc3C)o2)cc1Cl. The van der Waals surface area contributed by atoms with E-state index in [0.29, 0.717) is 16.5 Å². The molecule has 5 heteroatoms. The van der Waals surface area contributed by atoms with Gasteiger partial charge in [0.2, 0.25) is 5.91 Å². The van der Waals surface area contributed by atoms with Crippen molar-refractivity contribution < 1.29 is 9.21 Å². The molecule has 0 saturated carbocycles. The van der Waals surface area contributed by atoms with E-state index in [9.17, 15) is 4.79 Å². The topological polar surface area (TPSA) is 42.2 Å². The van der Waals surface area contributed by atoms with Crippen LogP contribution in [-0.2, 0) is 4.79 Å². The average molecular weight is 445 g/mol. The van der Waals surface area contributed by atoms with Gasteiger partial charge in [0.05, 0.1) is 0 Å². The fourth-order valence-corrected chi connectivity index (χ4v) is 3.64. The third kappa shape index (κ3) is 4.71. The van der Waals surface area contributed by atoms with Crippen molar-refractivity contribution >= 4 is 45.2 Å². The minimum Gasteiger partial charge on any atom is -0.457 e. The molecule has 0 fully saturated rings. The monoisotopic (exact) mass is 443 g/mol. The Bertz CT molecular complexity index is 1010. The summed E-state index contributed by atoms with van der Waals surface area (Å²) in [4.78, 5) is 12.3. The lowest BCUT2D eigenvalue weighted by molar-refractivity contribution is -0.111. The number of benzene rings is 2. The van der Waals surface area contributed by atoms with Gasteiger partial charge in [0.1, 0.15) is 11.5 Å². The molecular formula is C22H19BrClNO2. The van der Waals surface area contributed by atoms with Gasteiger partial charge >= 0.3 is 0 Å². The summed E-state index contributed by atoms with van der Waals surface area (Å²) in [5.74, 6) is 1.09. The van der Waals surface area contributed by atoms with Gasteiger partial charge < -0.3 is 9.73 Å². The average Bonchev–Trinajstić information content (AvgIpc) is 3.07. The fourth-order valence-electron chi connectivity index (χ4n) is 2.77. The summed E-state index contributed by atoms with van der Waals surface area (Å²) in [5, 5.41) is 3.62. The van der Waals surface area contributed by atoms with E-state index in [1.165, 1.54) is 6.08 Å². The van der Waals surface area contributed by atoms with Gasteiger partial charge in [-0.25, -0.2) is 0 Å². The van der Waals surface area contributed by atoms with Crippen LogP contribution in [0, 0.1) is 20.8 Å². The van der Waals surface area contributed by atoms with Crippen molar-refractivity contribution in [2.75, 3.05) is 5.32 Å². The van der Waals surface area contributed by atoms with Crippen LogP contribution in [0.2, 0.25) is 5.02 Å². The number of aryl methyl sites for hydroxylation is 3. The van der Waals surface area contributed by atoms with E-state index in [4.69, 9.17) is 16.0 Å². The van der Waals surface area contributed by atoms with Crippen molar-refractivity contribution in [3.8, 4) is 11.3 Å². The lowest BCUT2D eigenvalue weighted by atomic mass is 10.1. The van der Waals surface area contributed by atoms with Crippen molar-refractivity contribution in [2.24, 2.45) is 0 Å². The number of furan rings is 1. The van der Waals surface area contributed by atoms with Crippen LogP contribution in [0.25, 0.3) is 17.4 Å². The van der Waals surface area contributed by atoms with Crippen LogP contribution in [0.1, 0.15) is 22.5 Å². The van der Waals surface area contributed by atoms with E-state index in [1.54, 1.807) is 6.08 Å². The van der Waals surface area contributed by atoms with Gasteiger partial charge in [0, 0.05) is 26.8 Å². The molecule has 3 aromatic rings. The molecule has 0 unspecified atom stereocenters. The van der Waals surface area contributed by atoms with E-state index >= 15 is 0 Å².